The zero-order valence-electron chi connectivity index (χ0n) is 17.6. The molecular formula is C24H32N4O. The summed E-state index contributed by atoms with van der Waals surface area (Å²) in [6.45, 7) is 7.58. The highest BCUT2D eigenvalue weighted by Crippen LogP contribution is 2.25. The van der Waals surface area contributed by atoms with Gasteiger partial charge < -0.3 is 15.0 Å². The van der Waals surface area contributed by atoms with E-state index in [0.29, 0.717) is 6.61 Å². The van der Waals surface area contributed by atoms with Gasteiger partial charge in [-0.2, -0.15) is 4.98 Å². The van der Waals surface area contributed by atoms with Crippen molar-refractivity contribution < 1.29 is 4.74 Å². The zero-order chi connectivity index (χ0) is 20.3. The van der Waals surface area contributed by atoms with Gasteiger partial charge in [0.15, 0.2) is 0 Å². The molecule has 3 aromatic rings. The van der Waals surface area contributed by atoms with Gasteiger partial charge in [0.2, 0.25) is 5.95 Å². The van der Waals surface area contributed by atoms with Gasteiger partial charge >= 0.3 is 0 Å². The third kappa shape index (κ3) is 5.83. The van der Waals surface area contributed by atoms with Gasteiger partial charge in [-0.1, -0.05) is 44.2 Å². The lowest BCUT2D eigenvalue weighted by Crippen LogP contribution is -2.31. The highest BCUT2D eigenvalue weighted by atomic mass is 16.5. The van der Waals surface area contributed by atoms with Gasteiger partial charge in [-0.05, 0) is 49.9 Å². The van der Waals surface area contributed by atoms with E-state index in [0.717, 1.165) is 54.5 Å². The smallest absolute Gasteiger partial charge is 0.227 e. The minimum atomic E-state index is 0.680. The number of benzene rings is 2. The highest BCUT2D eigenvalue weighted by Gasteiger charge is 2.16. The molecule has 2 heterocycles. The van der Waals surface area contributed by atoms with Crippen molar-refractivity contribution in [1.82, 2.24) is 9.97 Å². The molecule has 1 N–H and O–H groups in total. The number of aromatic nitrogens is 2. The molecule has 0 amide bonds. The van der Waals surface area contributed by atoms with E-state index in [1.807, 2.05) is 56.3 Å². The summed E-state index contributed by atoms with van der Waals surface area (Å²) in [6, 6.07) is 18.2. The highest BCUT2D eigenvalue weighted by molar-refractivity contribution is 5.90. The first-order valence-corrected chi connectivity index (χ1v) is 10.8. The van der Waals surface area contributed by atoms with Crippen LogP contribution in [0.5, 0.6) is 5.75 Å². The molecule has 5 heteroatoms. The fourth-order valence-corrected chi connectivity index (χ4v) is 3.42. The lowest BCUT2D eigenvalue weighted by atomic mass is 10.1. The molecule has 0 aliphatic carbocycles. The molecule has 0 spiro atoms. The molecule has 1 aliphatic rings. The number of para-hydroxylation sites is 2. The predicted molar refractivity (Wildman–Crippen MR) is 122 cm³/mol. The SMILES string of the molecule is CC.c1ccc(OCCCNc2nc(N3CCCCC3)nc3ccccc23)cc1. The van der Waals surface area contributed by atoms with E-state index in [1.54, 1.807) is 0 Å². The summed E-state index contributed by atoms with van der Waals surface area (Å²) < 4.78 is 5.77. The van der Waals surface area contributed by atoms with E-state index in [2.05, 4.69) is 22.3 Å². The van der Waals surface area contributed by atoms with Gasteiger partial charge in [0.05, 0.1) is 12.1 Å². The van der Waals surface area contributed by atoms with Gasteiger partial charge in [0, 0.05) is 25.0 Å². The van der Waals surface area contributed by atoms with E-state index < -0.39 is 0 Å². The van der Waals surface area contributed by atoms with Crippen molar-refractivity contribution >= 4 is 22.7 Å². The molecule has 154 valence electrons. The van der Waals surface area contributed by atoms with Crippen LogP contribution in [0.25, 0.3) is 10.9 Å². The maximum Gasteiger partial charge on any atom is 0.227 e. The quantitative estimate of drug-likeness (QED) is 0.536. The van der Waals surface area contributed by atoms with Crippen molar-refractivity contribution in [1.29, 1.82) is 0 Å². The molecule has 0 saturated carbocycles. The summed E-state index contributed by atoms with van der Waals surface area (Å²) in [5.74, 6) is 2.68. The Morgan fingerprint density at radius 3 is 2.41 bits per heavy atom. The number of nitrogens with one attached hydrogen (secondary N) is 1. The van der Waals surface area contributed by atoms with E-state index >= 15 is 0 Å². The number of fused-ring (bicyclic) bond motifs is 1. The summed E-state index contributed by atoms with van der Waals surface area (Å²) >= 11 is 0. The van der Waals surface area contributed by atoms with E-state index in [1.165, 1.54) is 19.3 Å². The lowest BCUT2D eigenvalue weighted by Gasteiger charge is -2.27. The molecule has 0 atom stereocenters. The van der Waals surface area contributed by atoms with Crippen molar-refractivity contribution in [2.75, 3.05) is 36.5 Å². The average molecular weight is 393 g/mol. The molecule has 4 rings (SSSR count). The maximum absolute atomic E-state index is 5.77. The second-order valence-corrected chi connectivity index (χ2v) is 6.88. The Balaban J connectivity index is 0.00000117. The van der Waals surface area contributed by atoms with Gasteiger partial charge in [0.1, 0.15) is 11.6 Å². The Hall–Kier alpha value is -2.82. The van der Waals surface area contributed by atoms with Gasteiger partial charge in [-0.25, -0.2) is 4.98 Å². The fourth-order valence-electron chi connectivity index (χ4n) is 3.42. The van der Waals surface area contributed by atoms with Crippen LogP contribution in [0.15, 0.2) is 54.6 Å². The van der Waals surface area contributed by atoms with E-state index in [4.69, 9.17) is 14.7 Å². The topological polar surface area (TPSA) is 50.3 Å². The lowest BCUT2D eigenvalue weighted by molar-refractivity contribution is 0.315. The minimum Gasteiger partial charge on any atom is -0.494 e. The second-order valence-electron chi connectivity index (χ2n) is 6.88. The van der Waals surface area contributed by atoms with Crippen LogP contribution in [0.4, 0.5) is 11.8 Å². The Morgan fingerprint density at radius 2 is 1.62 bits per heavy atom. The van der Waals surface area contributed by atoms with E-state index in [9.17, 15) is 0 Å². The van der Waals surface area contributed by atoms with Crippen LogP contribution in [-0.4, -0.2) is 36.2 Å². The average Bonchev–Trinajstić information content (AvgIpc) is 2.81. The number of nitrogens with zero attached hydrogens (tertiary/aromatic N) is 3. The molecule has 1 saturated heterocycles. The molecule has 2 aromatic carbocycles. The monoisotopic (exact) mass is 392 g/mol. The molecule has 5 nitrogen and oxygen atoms in total. The number of rotatable bonds is 7. The predicted octanol–water partition coefficient (Wildman–Crippen LogP) is 5.53. The molecule has 0 unspecified atom stereocenters. The van der Waals surface area contributed by atoms with Gasteiger partial charge in [-0.3, -0.25) is 0 Å². The number of hydrogen-bond donors (Lipinski definition) is 1. The maximum atomic E-state index is 5.77. The van der Waals surface area contributed by atoms with Crippen LogP contribution in [0.3, 0.4) is 0 Å². The molecule has 29 heavy (non-hydrogen) atoms. The minimum absolute atomic E-state index is 0.680. The third-order valence-corrected chi connectivity index (χ3v) is 4.86. The third-order valence-electron chi connectivity index (χ3n) is 4.86. The largest absolute Gasteiger partial charge is 0.494 e. The molecule has 1 fully saturated rings. The standard InChI is InChI=1S/C22H26N4O.C2H6/c1-3-10-18(11-4-1)27-17-9-14-23-21-19-12-5-6-13-20(19)24-22(25-21)26-15-7-2-8-16-26;1-2/h1,3-6,10-13H,2,7-9,14-17H2,(H,23,24,25);1-2H3. The normalized spacial score (nSPS) is 13.5. The van der Waals surface area contributed by atoms with Crippen LogP contribution >= 0.6 is 0 Å². The van der Waals surface area contributed by atoms with Crippen LogP contribution in [-0.2, 0) is 0 Å². The summed E-state index contributed by atoms with van der Waals surface area (Å²) in [5, 5.41) is 4.57. The Labute approximate surface area is 174 Å². The van der Waals surface area contributed by atoms with Gasteiger partial charge in [0.25, 0.3) is 0 Å². The molecule has 0 bridgehead atoms. The first-order valence-electron chi connectivity index (χ1n) is 10.8. The Morgan fingerprint density at radius 1 is 0.897 bits per heavy atom. The molecular weight excluding hydrogens is 360 g/mol. The van der Waals surface area contributed by atoms with Gasteiger partial charge in [-0.15, -0.1) is 0 Å². The Bertz CT molecular complexity index is 863. The van der Waals surface area contributed by atoms with Crippen LogP contribution in [0, 0.1) is 0 Å². The zero-order valence-corrected chi connectivity index (χ0v) is 17.6. The van der Waals surface area contributed by atoms with Crippen molar-refractivity contribution in [3.8, 4) is 5.75 Å². The van der Waals surface area contributed by atoms with Crippen LogP contribution in [0.1, 0.15) is 39.5 Å². The first kappa shape index (κ1) is 20.9. The summed E-state index contributed by atoms with van der Waals surface area (Å²) in [7, 11) is 0. The number of hydrogen-bond acceptors (Lipinski definition) is 5. The Kier molecular flexibility index (Phi) is 8.11. The van der Waals surface area contributed by atoms with Crippen molar-refractivity contribution in [2.45, 2.75) is 39.5 Å². The van der Waals surface area contributed by atoms with Crippen LogP contribution < -0.4 is 15.0 Å². The van der Waals surface area contributed by atoms with Crippen LogP contribution in [0.2, 0.25) is 0 Å². The summed E-state index contributed by atoms with van der Waals surface area (Å²) in [6.07, 6.45) is 4.65. The molecule has 1 aliphatic heterocycles. The number of anilines is 2. The summed E-state index contributed by atoms with van der Waals surface area (Å²) in [5.41, 5.74) is 0.996. The van der Waals surface area contributed by atoms with Crippen molar-refractivity contribution in [3.63, 3.8) is 0 Å². The fraction of sp³-hybridized carbons (Fsp3) is 0.417. The number of piperidine rings is 1. The molecule has 1 aromatic heterocycles. The van der Waals surface area contributed by atoms with Crippen molar-refractivity contribution in [3.05, 3.63) is 54.6 Å². The van der Waals surface area contributed by atoms with E-state index in [-0.39, 0.29) is 0 Å². The second kappa shape index (κ2) is 11.2. The number of ether oxygens (including phenoxy) is 1. The first-order chi connectivity index (χ1) is 14.4. The molecule has 0 radical (unpaired) electrons. The summed E-state index contributed by atoms with van der Waals surface area (Å²) in [4.78, 5) is 11.9. The van der Waals surface area contributed by atoms with Crippen molar-refractivity contribution in [2.24, 2.45) is 0 Å².